The predicted molar refractivity (Wildman–Crippen MR) is 102 cm³/mol. The smallest absolute Gasteiger partial charge is 0.407 e. The number of amides is 2. The summed E-state index contributed by atoms with van der Waals surface area (Å²) in [5, 5.41) is 12.3. The van der Waals surface area contributed by atoms with Crippen LogP contribution in [0.3, 0.4) is 0 Å². The summed E-state index contributed by atoms with van der Waals surface area (Å²) >= 11 is 0. The molecule has 1 aromatic carbocycles. The lowest BCUT2D eigenvalue weighted by Gasteiger charge is -2.33. The number of alkyl carbamates (subject to hydrolysis) is 1. The minimum atomic E-state index is -0.963. The van der Waals surface area contributed by atoms with Gasteiger partial charge in [-0.15, -0.1) is 0 Å². The number of benzene rings is 1. The first-order valence-electron chi connectivity index (χ1n) is 9.84. The zero-order chi connectivity index (χ0) is 21.1. The summed E-state index contributed by atoms with van der Waals surface area (Å²) in [6, 6.07) is 5.21. The standard InChI is InChI=1S/C20H22F2N4O4/c21-14-4-3-11(6-15(14)22)10-23-20(28)30-13-7-12(8-13)16-9-18(26-25-16)24-19(27)17-2-1-5-29-17/h3-4,6,9,12-13,17H,1-2,5,7-8,10H2,(H,23,28)(H2,24,25,26,27). The summed E-state index contributed by atoms with van der Waals surface area (Å²) in [7, 11) is 0. The zero-order valence-electron chi connectivity index (χ0n) is 16.1. The Morgan fingerprint density at radius 1 is 1.23 bits per heavy atom. The van der Waals surface area contributed by atoms with Crippen molar-refractivity contribution in [1.29, 1.82) is 0 Å². The van der Waals surface area contributed by atoms with Crippen LogP contribution in [-0.2, 0) is 20.8 Å². The van der Waals surface area contributed by atoms with Crippen LogP contribution >= 0.6 is 0 Å². The van der Waals surface area contributed by atoms with E-state index in [-0.39, 0.29) is 24.5 Å². The van der Waals surface area contributed by atoms with Crippen molar-refractivity contribution in [3.05, 3.63) is 47.2 Å². The van der Waals surface area contributed by atoms with Gasteiger partial charge in [0.15, 0.2) is 17.5 Å². The summed E-state index contributed by atoms with van der Waals surface area (Å²) in [5.41, 5.74) is 1.30. The Morgan fingerprint density at radius 2 is 2.07 bits per heavy atom. The highest BCUT2D eigenvalue weighted by atomic mass is 19.2. The maximum Gasteiger partial charge on any atom is 0.407 e. The van der Waals surface area contributed by atoms with Gasteiger partial charge in [-0.05, 0) is 43.4 Å². The van der Waals surface area contributed by atoms with Gasteiger partial charge >= 0.3 is 6.09 Å². The van der Waals surface area contributed by atoms with Gasteiger partial charge in [0.05, 0.1) is 0 Å². The van der Waals surface area contributed by atoms with Crippen molar-refractivity contribution in [2.75, 3.05) is 11.9 Å². The Bertz CT molecular complexity index is 923. The van der Waals surface area contributed by atoms with E-state index >= 15 is 0 Å². The lowest BCUT2D eigenvalue weighted by atomic mass is 9.80. The molecule has 8 nitrogen and oxygen atoms in total. The molecule has 160 valence electrons. The molecule has 0 bridgehead atoms. The number of hydrogen-bond donors (Lipinski definition) is 3. The number of rotatable bonds is 6. The van der Waals surface area contributed by atoms with Crippen LogP contribution in [0, 0.1) is 11.6 Å². The number of halogens is 2. The first-order valence-corrected chi connectivity index (χ1v) is 9.84. The molecule has 1 aliphatic carbocycles. The highest BCUT2D eigenvalue weighted by Crippen LogP contribution is 2.38. The van der Waals surface area contributed by atoms with Crippen molar-refractivity contribution in [2.45, 2.75) is 50.4 Å². The number of nitrogens with zero attached hydrogens (tertiary/aromatic N) is 1. The van der Waals surface area contributed by atoms with E-state index in [1.54, 1.807) is 6.07 Å². The van der Waals surface area contributed by atoms with Crippen LogP contribution in [0.15, 0.2) is 24.3 Å². The Labute approximate surface area is 171 Å². The highest BCUT2D eigenvalue weighted by Gasteiger charge is 2.34. The molecule has 2 aromatic rings. The molecule has 0 spiro atoms. The van der Waals surface area contributed by atoms with Crippen LogP contribution in [0.4, 0.5) is 19.4 Å². The number of aromatic amines is 1. The summed E-state index contributed by atoms with van der Waals surface area (Å²) in [4.78, 5) is 23.9. The number of nitrogens with one attached hydrogen (secondary N) is 3. The number of carbonyl (C=O) groups excluding carboxylic acids is 2. The van der Waals surface area contributed by atoms with Gasteiger partial charge in [0.2, 0.25) is 0 Å². The molecule has 1 saturated carbocycles. The third kappa shape index (κ3) is 4.76. The second kappa shape index (κ2) is 8.78. The molecule has 4 rings (SSSR count). The maximum atomic E-state index is 13.2. The van der Waals surface area contributed by atoms with E-state index in [1.165, 1.54) is 6.07 Å². The second-order valence-electron chi connectivity index (χ2n) is 7.50. The van der Waals surface area contributed by atoms with Crippen molar-refractivity contribution in [1.82, 2.24) is 15.5 Å². The second-order valence-corrected chi connectivity index (χ2v) is 7.50. The first-order chi connectivity index (χ1) is 14.5. The van der Waals surface area contributed by atoms with Gasteiger partial charge in [-0.1, -0.05) is 6.07 Å². The van der Waals surface area contributed by atoms with Crippen LogP contribution in [-0.4, -0.2) is 41.0 Å². The van der Waals surface area contributed by atoms with Crippen molar-refractivity contribution in [3.8, 4) is 0 Å². The Morgan fingerprint density at radius 3 is 2.80 bits per heavy atom. The number of aromatic nitrogens is 2. The van der Waals surface area contributed by atoms with E-state index in [0.717, 1.165) is 24.2 Å². The third-order valence-corrected chi connectivity index (χ3v) is 5.30. The quantitative estimate of drug-likeness (QED) is 0.666. The number of H-pyrrole nitrogens is 1. The molecule has 1 aromatic heterocycles. The van der Waals surface area contributed by atoms with Gasteiger partial charge in [0.1, 0.15) is 12.2 Å². The Hall–Kier alpha value is -3.01. The van der Waals surface area contributed by atoms with Crippen molar-refractivity contribution < 1.29 is 27.8 Å². The van der Waals surface area contributed by atoms with E-state index in [2.05, 4.69) is 20.8 Å². The average Bonchev–Trinajstić information content (AvgIpc) is 3.37. The molecule has 2 fully saturated rings. The van der Waals surface area contributed by atoms with Crippen LogP contribution in [0.1, 0.15) is 42.9 Å². The molecule has 1 saturated heterocycles. The lowest BCUT2D eigenvalue weighted by molar-refractivity contribution is -0.124. The summed E-state index contributed by atoms with van der Waals surface area (Å²) < 4.78 is 36.7. The monoisotopic (exact) mass is 420 g/mol. The predicted octanol–water partition coefficient (Wildman–Crippen LogP) is 2.98. The number of anilines is 1. The molecule has 30 heavy (non-hydrogen) atoms. The van der Waals surface area contributed by atoms with Crippen molar-refractivity contribution in [2.24, 2.45) is 0 Å². The van der Waals surface area contributed by atoms with Crippen molar-refractivity contribution in [3.63, 3.8) is 0 Å². The van der Waals surface area contributed by atoms with Gasteiger partial charge in [-0.2, -0.15) is 5.10 Å². The molecule has 2 heterocycles. The van der Waals surface area contributed by atoms with Crippen LogP contribution < -0.4 is 10.6 Å². The van der Waals surface area contributed by atoms with Crippen LogP contribution in [0.5, 0.6) is 0 Å². The Balaban J connectivity index is 1.18. The molecule has 10 heteroatoms. The SMILES string of the molecule is O=C(NCc1ccc(F)c(F)c1)OC1CC(c2cc(NC(=O)C3CCCO3)n[nH]2)C1. The highest BCUT2D eigenvalue weighted by molar-refractivity contribution is 5.93. The zero-order valence-corrected chi connectivity index (χ0v) is 16.1. The first kappa shape index (κ1) is 20.3. The fraction of sp³-hybridized carbons (Fsp3) is 0.450. The molecule has 1 atom stereocenters. The van der Waals surface area contributed by atoms with E-state index in [1.807, 2.05) is 0 Å². The van der Waals surface area contributed by atoms with Gasteiger partial charge in [0, 0.05) is 30.8 Å². The Kier molecular flexibility index (Phi) is 5.93. The molecule has 2 amide bonds. The summed E-state index contributed by atoms with van der Waals surface area (Å²) in [5.74, 6) is -1.50. The molecule has 1 aliphatic heterocycles. The van der Waals surface area contributed by atoms with E-state index in [4.69, 9.17) is 9.47 Å². The average molecular weight is 420 g/mol. The third-order valence-electron chi connectivity index (χ3n) is 5.30. The minimum absolute atomic E-state index is 0.0422. The van der Waals surface area contributed by atoms with Gasteiger partial charge < -0.3 is 20.1 Å². The number of carbonyl (C=O) groups is 2. The summed E-state index contributed by atoms with van der Waals surface area (Å²) in [6.07, 6.45) is 1.56. The molecular formula is C20H22F2N4O4. The van der Waals surface area contributed by atoms with E-state index in [9.17, 15) is 18.4 Å². The maximum absolute atomic E-state index is 13.2. The van der Waals surface area contributed by atoms with Crippen molar-refractivity contribution >= 4 is 17.8 Å². The largest absolute Gasteiger partial charge is 0.446 e. The number of hydrogen-bond acceptors (Lipinski definition) is 5. The topological polar surface area (TPSA) is 105 Å². The van der Waals surface area contributed by atoms with Crippen LogP contribution in [0.25, 0.3) is 0 Å². The lowest BCUT2D eigenvalue weighted by Crippen LogP contribution is -2.36. The van der Waals surface area contributed by atoms with Crippen LogP contribution in [0.2, 0.25) is 0 Å². The molecular weight excluding hydrogens is 398 g/mol. The molecule has 1 unspecified atom stereocenters. The van der Waals surface area contributed by atoms with E-state index in [0.29, 0.717) is 37.3 Å². The van der Waals surface area contributed by atoms with Gasteiger partial charge in [0.25, 0.3) is 5.91 Å². The minimum Gasteiger partial charge on any atom is -0.446 e. The fourth-order valence-electron chi connectivity index (χ4n) is 3.53. The van der Waals surface area contributed by atoms with Gasteiger partial charge in [-0.3, -0.25) is 9.89 Å². The molecule has 0 radical (unpaired) electrons. The van der Waals surface area contributed by atoms with E-state index < -0.39 is 23.8 Å². The van der Waals surface area contributed by atoms with Gasteiger partial charge in [-0.25, -0.2) is 13.6 Å². The normalized spacial score (nSPS) is 22.9. The summed E-state index contributed by atoms with van der Waals surface area (Å²) in [6.45, 7) is 0.641. The molecule has 2 aliphatic rings. The fourth-order valence-corrected chi connectivity index (χ4v) is 3.53. The molecule has 3 N–H and O–H groups in total. The number of ether oxygens (including phenoxy) is 2.